The van der Waals surface area contributed by atoms with Gasteiger partial charge in [0, 0.05) is 33.3 Å². The fourth-order valence-corrected chi connectivity index (χ4v) is 7.28. The Bertz CT molecular complexity index is 2700. The lowest BCUT2D eigenvalue weighted by atomic mass is 9.99. The summed E-state index contributed by atoms with van der Waals surface area (Å²) in [5.74, 6) is -0.523. The maximum atomic E-state index is 13.9. The van der Waals surface area contributed by atoms with Crippen molar-refractivity contribution in [2.24, 2.45) is 0 Å². The SMILES string of the molecule is Cc1cc(-c2ccc(NC(=O)c3cc(-c4ccc(Cl)c(Cl)c4)nc4ccccc34)c(C)c2)ccc1NC(=O)c1cc(-c2ccc(Cl)c(Cl)c2)nc2ccccc12. The summed E-state index contributed by atoms with van der Waals surface area (Å²) in [6.07, 6.45) is 0. The Balaban J connectivity index is 1.03. The molecule has 0 bridgehead atoms. The third-order valence-electron chi connectivity index (χ3n) is 9.63. The highest BCUT2D eigenvalue weighted by molar-refractivity contribution is 6.42. The molecule has 2 N–H and O–H groups in total. The van der Waals surface area contributed by atoms with Crippen LogP contribution in [0.4, 0.5) is 11.4 Å². The van der Waals surface area contributed by atoms with Gasteiger partial charge >= 0.3 is 0 Å². The van der Waals surface area contributed by atoms with Crippen LogP contribution in [-0.4, -0.2) is 21.8 Å². The molecule has 0 saturated heterocycles. The number of aryl methyl sites for hydroxylation is 2. The van der Waals surface area contributed by atoms with Crippen LogP contribution < -0.4 is 10.6 Å². The van der Waals surface area contributed by atoms with Gasteiger partial charge in [0.25, 0.3) is 11.8 Å². The van der Waals surface area contributed by atoms with Gasteiger partial charge in [0.1, 0.15) is 0 Å². The highest BCUT2D eigenvalue weighted by Crippen LogP contribution is 2.34. The van der Waals surface area contributed by atoms with Gasteiger partial charge in [-0.1, -0.05) is 107 Å². The molecule has 2 aromatic heterocycles. The van der Waals surface area contributed by atoms with Gasteiger partial charge in [-0.25, -0.2) is 9.97 Å². The molecule has 0 atom stereocenters. The van der Waals surface area contributed by atoms with Crippen LogP contribution >= 0.6 is 46.4 Å². The molecule has 6 aromatic carbocycles. The molecule has 56 heavy (non-hydrogen) atoms. The number of nitrogens with zero attached hydrogens (tertiary/aromatic N) is 2. The van der Waals surface area contributed by atoms with E-state index in [0.29, 0.717) is 65.0 Å². The van der Waals surface area contributed by atoms with E-state index < -0.39 is 0 Å². The van der Waals surface area contributed by atoms with Gasteiger partial charge in [-0.15, -0.1) is 0 Å². The smallest absolute Gasteiger partial charge is 0.256 e. The second-order valence-corrected chi connectivity index (χ2v) is 15.0. The van der Waals surface area contributed by atoms with E-state index in [2.05, 4.69) is 10.6 Å². The van der Waals surface area contributed by atoms with Gasteiger partial charge in [-0.2, -0.15) is 0 Å². The number of hydrogen-bond acceptors (Lipinski definition) is 4. The fraction of sp³-hybridized carbons (Fsp3) is 0.0435. The Morgan fingerprint density at radius 2 is 0.839 bits per heavy atom. The summed E-state index contributed by atoms with van der Waals surface area (Å²) in [4.78, 5) is 37.3. The Morgan fingerprint density at radius 1 is 0.446 bits per heavy atom. The summed E-state index contributed by atoms with van der Waals surface area (Å²) < 4.78 is 0. The van der Waals surface area contributed by atoms with Crippen molar-refractivity contribution in [2.45, 2.75) is 13.8 Å². The van der Waals surface area contributed by atoms with E-state index in [4.69, 9.17) is 56.4 Å². The first-order valence-corrected chi connectivity index (χ1v) is 19.1. The molecule has 8 aromatic rings. The molecule has 2 amide bonds. The standard InChI is InChI=1S/C46H30Cl4N4O2/c1-25-19-27(13-17-39(25)53-45(55)33-23-43(29-11-15-35(47)37(49)21-29)51-41-9-5-3-7-31(33)41)28-14-18-40(26(2)20-28)54-46(56)34-24-44(30-12-16-36(48)38(50)22-30)52-42-10-6-4-8-32(34)42/h3-24H,1-2H3,(H,53,55)(H,54,56). The first kappa shape index (κ1) is 37.2. The van der Waals surface area contributed by atoms with Crippen molar-refractivity contribution < 1.29 is 9.59 Å². The Morgan fingerprint density at radius 3 is 1.23 bits per heavy atom. The maximum Gasteiger partial charge on any atom is 0.256 e. The highest BCUT2D eigenvalue weighted by Gasteiger charge is 2.18. The Hall–Kier alpha value is -5.76. The van der Waals surface area contributed by atoms with Gasteiger partial charge in [0.05, 0.1) is 53.6 Å². The number of para-hydroxylation sites is 2. The van der Waals surface area contributed by atoms with E-state index in [-0.39, 0.29) is 11.8 Å². The monoisotopic (exact) mass is 810 g/mol. The number of rotatable bonds is 7. The van der Waals surface area contributed by atoms with E-state index in [0.717, 1.165) is 44.2 Å². The number of carbonyl (C=O) groups is 2. The van der Waals surface area contributed by atoms with Gasteiger partial charge < -0.3 is 10.6 Å². The van der Waals surface area contributed by atoms with E-state index >= 15 is 0 Å². The fourth-order valence-electron chi connectivity index (χ4n) is 6.68. The summed E-state index contributed by atoms with van der Waals surface area (Å²) in [6.45, 7) is 3.91. The first-order chi connectivity index (χ1) is 27.0. The molecule has 0 spiro atoms. The molecule has 0 aliphatic carbocycles. The zero-order chi connectivity index (χ0) is 39.1. The Kier molecular flexibility index (Phi) is 10.2. The maximum absolute atomic E-state index is 13.9. The second kappa shape index (κ2) is 15.4. The second-order valence-electron chi connectivity index (χ2n) is 13.4. The third-order valence-corrected chi connectivity index (χ3v) is 11.1. The molecule has 274 valence electrons. The number of nitrogens with one attached hydrogen (secondary N) is 2. The van der Waals surface area contributed by atoms with E-state index in [1.54, 1.807) is 36.4 Å². The van der Waals surface area contributed by atoms with Crippen molar-refractivity contribution in [3.8, 4) is 33.6 Å². The molecule has 0 aliphatic rings. The van der Waals surface area contributed by atoms with Crippen LogP contribution in [0.15, 0.2) is 133 Å². The van der Waals surface area contributed by atoms with Crippen molar-refractivity contribution in [1.82, 2.24) is 9.97 Å². The zero-order valence-corrected chi connectivity index (χ0v) is 32.9. The van der Waals surface area contributed by atoms with Crippen LogP contribution in [-0.2, 0) is 0 Å². The zero-order valence-electron chi connectivity index (χ0n) is 29.9. The summed E-state index contributed by atoms with van der Waals surface area (Å²) in [6, 6.07) is 41.0. The molecule has 6 nitrogen and oxygen atoms in total. The first-order valence-electron chi connectivity index (χ1n) is 17.6. The number of anilines is 2. The summed E-state index contributed by atoms with van der Waals surface area (Å²) >= 11 is 24.9. The molecule has 10 heteroatoms. The molecule has 8 rings (SSSR count). The molecular weight excluding hydrogens is 782 g/mol. The number of fused-ring (bicyclic) bond motifs is 2. The van der Waals surface area contributed by atoms with E-state index in [1.165, 1.54) is 0 Å². The number of amides is 2. The summed E-state index contributed by atoms with van der Waals surface area (Å²) in [7, 11) is 0. The molecular formula is C46H30Cl4N4O2. The number of pyridine rings is 2. The molecule has 2 heterocycles. The lowest BCUT2D eigenvalue weighted by Gasteiger charge is -2.15. The molecule has 0 unspecified atom stereocenters. The number of halogens is 4. The topological polar surface area (TPSA) is 84.0 Å². The minimum atomic E-state index is -0.261. The minimum absolute atomic E-state index is 0.261. The average Bonchev–Trinajstić information content (AvgIpc) is 3.20. The number of carbonyl (C=O) groups excluding carboxylic acids is 2. The van der Waals surface area contributed by atoms with Crippen molar-refractivity contribution in [1.29, 1.82) is 0 Å². The largest absolute Gasteiger partial charge is 0.322 e. The molecule has 0 aliphatic heterocycles. The van der Waals surface area contributed by atoms with Crippen molar-refractivity contribution in [3.05, 3.63) is 176 Å². The number of benzene rings is 6. The van der Waals surface area contributed by atoms with Crippen LogP contribution in [0.25, 0.3) is 55.4 Å². The highest BCUT2D eigenvalue weighted by atomic mass is 35.5. The van der Waals surface area contributed by atoms with Crippen LogP contribution in [0.3, 0.4) is 0 Å². The van der Waals surface area contributed by atoms with Gasteiger partial charge in [0.2, 0.25) is 0 Å². The van der Waals surface area contributed by atoms with Gasteiger partial charge in [0.15, 0.2) is 0 Å². The van der Waals surface area contributed by atoms with Gasteiger partial charge in [-0.05, 0) is 109 Å². The average molecular weight is 813 g/mol. The summed E-state index contributed by atoms with van der Waals surface area (Å²) in [5.41, 5.74) is 10.1. The number of hydrogen-bond donors (Lipinski definition) is 2. The third kappa shape index (κ3) is 7.45. The minimum Gasteiger partial charge on any atom is -0.322 e. The number of aromatic nitrogens is 2. The van der Waals surface area contributed by atoms with Crippen molar-refractivity contribution in [2.75, 3.05) is 10.6 Å². The molecule has 0 saturated carbocycles. The predicted octanol–water partition coefficient (Wildman–Crippen LogP) is 13.5. The molecule has 0 radical (unpaired) electrons. The van der Waals surface area contributed by atoms with Crippen LogP contribution in [0.1, 0.15) is 31.8 Å². The predicted molar refractivity (Wildman–Crippen MR) is 232 cm³/mol. The van der Waals surface area contributed by atoms with E-state index in [9.17, 15) is 9.59 Å². The van der Waals surface area contributed by atoms with Crippen LogP contribution in [0.2, 0.25) is 20.1 Å². The normalized spacial score (nSPS) is 11.2. The van der Waals surface area contributed by atoms with E-state index in [1.807, 2.05) is 111 Å². The quantitative estimate of drug-likeness (QED) is 0.168. The summed E-state index contributed by atoms with van der Waals surface area (Å²) in [5, 5.41) is 9.38. The lowest BCUT2D eigenvalue weighted by Crippen LogP contribution is -2.14. The van der Waals surface area contributed by atoms with Gasteiger partial charge in [-0.3, -0.25) is 9.59 Å². The van der Waals surface area contributed by atoms with Crippen LogP contribution in [0.5, 0.6) is 0 Å². The van der Waals surface area contributed by atoms with Crippen molar-refractivity contribution in [3.63, 3.8) is 0 Å². The van der Waals surface area contributed by atoms with Crippen molar-refractivity contribution >= 4 is 91.4 Å². The van der Waals surface area contributed by atoms with Crippen LogP contribution in [0, 0.1) is 13.8 Å². The molecule has 0 fully saturated rings. The Labute approximate surface area is 343 Å². The lowest BCUT2D eigenvalue weighted by molar-refractivity contribution is 0.102.